The molecule has 2 aliphatic heterocycles. The molecule has 0 radical (unpaired) electrons. The number of aromatic nitrogens is 4. The number of aryl methyl sites for hydroxylation is 1. The molecule has 108 valence electrons. The van der Waals surface area contributed by atoms with Gasteiger partial charge in [-0.15, -0.1) is 0 Å². The van der Waals surface area contributed by atoms with E-state index in [9.17, 15) is 0 Å². The number of nitrogens with zero attached hydrogens (tertiary/aromatic N) is 5. The fraction of sp³-hybridized carbons (Fsp3) is 0.400. The number of rotatable bonds is 2. The highest BCUT2D eigenvalue weighted by Gasteiger charge is 2.38. The van der Waals surface area contributed by atoms with Gasteiger partial charge in [-0.25, -0.2) is 15.0 Å². The normalized spacial score (nSPS) is 24.3. The molecule has 4 heterocycles. The molecule has 2 aliphatic rings. The van der Waals surface area contributed by atoms with Gasteiger partial charge in [0, 0.05) is 37.7 Å². The van der Waals surface area contributed by atoms with Crippen molar-refractivity contribution in [2.75, 3.05) is 4.90 Å². The van der Waals surface area contributed by atoms with Gasteiger partial charge in [0.1, 0.15) is 18.0 Å². The summed E-state index contributed by atoms with van der Waals surface area (Å²) in [7, 11) is 2.05. The third-order valence-electron chi connectivity index (χ3n) is 4.40. The van der Waals surface area contributed by atoms with Crippen molar-refractivity contribution in [3.8, 4) is 0 Å². The standard InChI is InChI=1S/C15H16BrN5/c1-20-5-4-18-14(20)10-6-11-2-3-12(7-10)21(11)15-13(16)8-17-9-19-15/h4-6,8-9,11-12H,2-3,7H2,1H3. The quantitative estimate of drug-likeness (QED) is 0.839. The smallest absolute Gasteiger partial charge is 0.147 e. The van der Waals surface area contributed by atoms with Gasteiger partial charge in [0.2, 0.25) is 0 Å². The van der Waals surface area contributed by atoms with Gasteiger partial charge in [-0.3, -0.25) is 0 Å². The van der Waals surface area contributed by atoms with E-state index < -0.39 is 0 Å². The lowest BCUT2D eigenvalue weighted by molar-refractivity contribution is 0.643. The van der Waals surface area contributed by atoms with Crippen molar-refractivity contribution in [2.45, 2.75) is 31.3 Å². The zero-order chi connectivity index (χ0) is 14.4. The number of imidazole rings is 1. The predicted octanol–water partition coefficient (Wildman–Crippen LogP) is 2.80. The summed E-state index contributed by atoms with van der Waals surface area (Å²) in [4.78, 5) is 15.5. The SMILES string of the molecule is Cn1ccnc1C1=CC2CCC(C1)N2c1ncncc1Br. The maximum absolute atomic E-state index is 4.49. The van der Waals surface area contributed by atoms with Crippen LogP contribution in [0.3, 0.4) is 0 Å². The Hall–Kier alpha value is -1.69. The zero-order valence-electron chi connectivity index (χ0n) is 11.8. The summed E-state index contributed by atoms with van der Waals surface area (Å²) in [6.07, 6.45) is 13.1. The molecule has 2 bridgehead atoms. The second-order valence-corrected chi connectivity index (χ2v) is 6.51. The van der Waals surface area contributed by atoms with Gasteiger partial charge in [-0.05, 0) is 40.8 Å². The van der Waals surface area contributed by atoms with Crippen LogP contribution in [-0.4, -0.2) is 31.6 Å². The van der Waals surface area contributed by atoms with E-state index in [1.165, 1.54) is 18.4 Å². The number of hydrogen-bond acceptors (Lipinski definition) is 4. The molecule has 0 saturated carbocycles. The monoisotopic (exact) mass is 345 g/mol. The van der Waals surface area contributed by atoms with Crippen molar-refractivity contribution in [2.24, 2.45) is 7.05 Å². The maximum atomic E-state index is 4.49. The Morgan fingerprint density at radius 2 is 2.19 bits per heavy atom. The van der Waals surface area contributed by atoms with Crippen LogP contribution in [0, 0.1) is 0 Å². The van der Waals surface area contributed by atoms with E-state index in [0.29, 0.717) is 12.1 Å². The number of fused-ring (bicyclic) bond motifs is 2. The predicted molar refractivity (Wildman–Crippen MR) is 84.8 cm³/mol. The van der Waals surface area contributed by atoms with E-state index in [4.69, 9.17) is 0 Å². The van der Waals surface area contributed by atoms with Crippen LogP contribution in [0.4, 0.5) is 5.82 Å². The lowest BCUT2D eigenvalue weighted by Gasteiger charge is -2.35. The first-order valence-corrected chi connectivity index (χ1v) is 7.95. The van der Waals surface area contributed by atoms with Crippen molar-refractivity contribution in [3.05, 3.63) is 41.3 Å². The second kappa shape index (κ2) is 4.94. The molecule has 4 rings (SSSR count). The van der Waals surface area contributed by atoms with Crippen molar-refractivity contribution in [1.82, 2.24) is 19.5 Å². The van der Waals surface area contributed by atoms with E-state index >= 15 is 0 Å². The Bertz CT molecular complexity index is 708. The summed E-state index contributed by atoms with van der Waals surface area (Å²) in [5.74, 6) is 2.10. The minimum atomic E-state index is 0.404. The minimum absolute atomic E-state index is 0.404. The molecule has 0 aromatic carbocycles. The lowest BCUT2D eigenvalue weighted by Crippen LogP contribution is -2.39. The first-order valence-electron chi connectivity index (χ1n) is 7.16. The fourth-order valence-corrected chi connectivity index (χ4v) is 3.92. The first-order chi connectivity index (χ1) is 10.2. The zero-order valence-corrected chi connectivity index (χ0v) is 13.4. The summed E-state index contributed by atoms with van der Waals surface area (Å²) in [6.45, 7) is 0. The Kier molecular flexibility index (Phi) is 3.06. The average molecular weight is 346 g/mol. The van der Waals surface area contributed by atoms with E-state index in [1.54, 1.807) is 6.33 Å². The van der Waals surface area contributed by atoms with Gasteiger partial charge in [-0.1, -0.05) is 6.08 Å². The molecule has 2 atom stereocenters. The summed E-state index contributed by atoms with van der Waals surface area (Å²) in [6, 6.07) is 0.902. The molecule has 0 spiro atoms. The van der Waals surface area contributed by atoms with Gasteiger partial charge in [0.15, 0.2) is 0 Å². The Balaban J connectivity index is 1.72. The van der Waals surface area contributed by atoms with E-state index in [2.05, 4.69) is 53.5 Å². The molecule has 1 saturated heterocycles. The van der Waals surface area contributed by atoms with Crippen LogP contribution in [0.2, 0.25) is 0 Å². The van der Waals surface area contributed by atoms with Gasteiger partial charge >= 0.3 is 0 Å². The molecular weight excluding hydrogens is 330 g/mol. The fourth-order valence-electron chi connectivity index (χ4n) is 3.50. The van der Waals surface area contributed by atoms with E-state index in [0.717, 1.165) is 22.5 Å². The van der Waals surface area contributed by atoms with Crippen LogP contribution < -0.4 is 4.90 Å². The minimum Gasteiger partial charge on any atom is -0.346 e. The van der Waals surface area contributed by atoms with Crippen LogP contribution in [0.25, 0.3) is 5.57 Å². The first kappa shape index (κ1) is 13.0. The van der Waals surface area contributed by atoms with Crippen molar-refractivity contribution in [3.63, 3.8) is 0 Å². The molecule has 2 unspecified atom stereocenters. The summed E-state index contributed by atoms with van der Waals surface area (Å²) in [5.41, 5.74) is 1.36. The third kappa shape index (κ3) is 2.09. The highest BCUT2D eigenvalue weighted by molar-refractivity contribution is 9.10. The summed E-state index contributed by atoms with van der Waals surface area (Å²) >= 11 is 3.58. The molecule has 21 heavy (non-hydrogen) atoms. The highest BCUT2D eigenvalue weighted by atomic mass is 79.9. The Morgan fingerprint density at radius 3 is 2.90 bits per heavy atom. The van der Waals surface area contributed by atoms with Crippen LogP contribution >= 0.6 is 15.9 Å². The molecule has 0 N–H and O–H groups in total. The third-order valence-corrected chi connectivity index (χ3v) is 4.96. The van der Waals surface area contributed by atoms with Crippen molar-refractivity contribution >= 4 is 27.3 Å². The number of hydrogen-bond donors (Lipinski definition) is 0. The maximum Gasteiger partial charge on any atom is 0.147 e. The van der Waals surface area contributed by atoms with Crippen LogP contribution in [-0.2, 0) is 7.05 Å². The molecule has 2 aromatic rings. The number of halogens is 1. The van der Waals surface area contributed by atoms with Crippen molar-refractivity contribution in [1.29, 1.82) is 0 Å². The Labute approximate surface area is 131 Å². The molecule has 1 fully saturated rings. The second-order valence-electron chi connectivity index (χ2n) is 5.66. The summed E-state index contributed by atoms with van der Waals surface area (Å²) < 4.78 is 3.07. The molecule has 0 aliphatic carbocycles. The van der Waals surface area contributed by atoms with Crippen LogP contribution in [0.15, 0.2) is 35.5 Å². The van der Waals surface area contributed by atoms with Crippen LogP contribution in [0.1, 0.15) is 25.1 Å². The molecule has 6 heteroatoms. The molecule has 2 aromatic heterocycles. The number of anilines is 1. The molecule has 5 nitrogen and oxygen atoms in total. The highest BCUT2D eigenvalue weighted by Crippen LogP contribution is 2.41. The van der Waals surface area contributed by atoms with Gasteiger partial charge < -0.3 is 9.47 Å². The van der Waals surface area contributed by atoms with Gasteiger partial charge in [0.05, 0.1) is 4.47 Å². The van der Waals surface area contributed by atoms with Gasteiger partial charge in [0.25, 0.3) is 0 Å². The Morgan fingerprint density at radius 1 is 1.29 bits per heavy atom. The molecule has 0 amide bonds. The topological polar surface area (TPSA) is 46.8 Å². The van der Waals surface area contributed by atoms with Crippen molar-refractivity contribution < 1.29 is 0 Å². The molecular formula is C15H16BrN5. The van der Waals surface area contributed by atoms with Gasteiger partial charge in [-0.2, -0.15) is 0 Å². The van der Waals surface area contributed by atoms with E-state index in [-0.39, 0.29) is 0 Å². The summed E-state index contributed by atoms with van der Waals surface area (Å²) in [5, 5.41) is 0. The average Bonchev–Trinajstić information content (AvgIpc) is 3.01. The largest absolute Gasteiger partial charge is 0.346 e. The lowest BCUT2D eigenvalue weighted by atomic mass is 10.0. The van der Waals surface area contributed by atoms with Crippen LogP contribution in [0.5, 0.6) is 0 Å². The van der Waals surface area contributed by atoms with E-state index in [1.807, 2.05) is 18.6 Å².